The summed E-state index contributed by atoms with van der Waals surface area (Å²) < 4.78 is 0. The summed E-state index contributed by atoms with van der Waals surface area (Å²) in [4.78, 5) is 11.4. The van der Waals surface area contributed by atoms with Gasteiger partial charge in [0.25, 0.3) is 0 Å². The monoisotopic (exact) mass is 210 g/mol. The number of hydrogen-bond acceptors (Lipinski definition) is 3. The van der Waals surface area contributed by atoms with E-state index >= 15 is 0 Å². The van der Waals surface area contributed by atoms with Gasteiger partial charge in [-0.05, 0) is 26.6 Å². The minimum absolute atomic E-state index is 0.0730. The van der Waals surface area contributed by atoms with Crippen molar-refractivity contribution in [2.24, 2.45) is 5.92 Å². The Bertz CT molecular complexity index is 244. The summed E-state index contributed by atoms with van der Waals surface area (Å²) in [5.74, 6) is 0.217. The molecule has 1 amide bonds. The van der Waals surface area contributed by atoms with Gasteiger partial charge in [0.2, 0.25) is 5.91 Å². The van der Waals surface area contributed by atoms with Crippen LogP contribution < -0.4 is 10.5 Å². The molecular weight excluding hydrogens is 191 g/mol. The lowest BCUT2D eigenvalue weighted by Crippen LogP contribution is -2.40. The molecule has 1 rings (SSSR count). The van der Waals surface area contributed by atoms with E-state index in [1.807, 2.05) is 19.1 Å². The van der Waals surface area contributed by atoms with Crippen LogP contribution in [-0.4, -0.2) is 30.6 Å². The number of carbonyl (C=O) groups is 1. The molecule has 1 aliphatic heterocycles. The molecule has 15 heavy (non-hydrogen) atoms. The largest absolute Gasteiger partial charge is 0.437 e. The Morgan fingerprint density at radius 3 is 3.00 bits per heavy atom. The van der Waals surface area contributed by atoms with Crippen molar-refractivity contribution < 1.29 is 9.82 Å². The first-order chi connectivity index (χ1) is 7.13. The molecule has 84 valence electrons. The lowest BCUT2D eigenvalue weighted by Gasteiger charge is -2.18. The summed E-state index contributed by atoms with van der Waals surface area (Å²) in [6, 6.07) is 0.0730. The molecule has 0 aromatic carbocycles. The third kappa shape index (κ3) is 4.05. The molecule has 3 N–H and O–H groups in total. The third-order valence-electron chi connectivity index (χ3n) is 2.58. The molecule has 4 nitrogen and oxygen atoms in total. The van der Waals surface area contributed by atoms with E-state index in [-0.39, 0.29) is 17.9 Å². The van der Waals surface area contributed by atoms with Gasteiger partial charge in [0.05, 0.1) is 0 Å². The Balaban J connectivity index is 2.46. The third-order valence-corrected chi connectivity index (χ3v) is 2.58. The van der Waals surface area contributed by atoms with Gasteiger partial charge in [0, 0.05) is 18.5 Å². The van der Waals surface area contributed by atoms with E-state index in [0.29, 0.717) is 0 Å². The van der Waals surface area contributed by atoms with Gasteiger partial charge in [-0.15, -0.1) is 0 Å². The van der Waals surface area contributed by atoms with Crippen molar-refractivity contribution in [2.75, 3.05) is 6.54 Å². The van der Waals surface area contributed by atoms with Gasteiger partial charge < -0.3 is 15.6 Å². The van der Waals surface area contributed by atoms with E-state index in [2.05, 4.69) is 10.5 Å². The van der Waals surface area contributed by atoms with Gasteiger partial charge in [-0.2, -0.15) is 0 Å². The van der Waals surface area contributed by atoms with E-state index in [1.165, 1.54) is 0 Å². The first-order valence-electron chi connectivity index (χ1n) is 5.48. The quantitative estimate of drug-likeness (QED) is 0.447. The van der Waals surface area contributed by atoms with Crippen molar-refractivity contribution in [3.8, 4) is 0 Å². The maximum Gasteiger partial charge on any atom is 0.374 e. The normalized spacial score (nSPS) is 23.1. The summed E-state index contributed by atoms with van der Waals surface area (Å²) in [5.41, 5.74) is 0. The Kier molecular flexibility index (Phi) is 4.85. The maximum absolute atomic E-state index is 11.4. The molecule has 0 aromatic rings. The molecule has 0 spiro atoms. The predicted molar refractivity (Wildman–Crippen MR) is 61.3 cm³/mol. The Hall–Kier alpha value is -0.805. The SMILES string of the molecule is C/C=C/C(CC1CCNC1=O)NB(C)O. The van der Waals surface area contributed by atoms with Gasteiger partial charge in [0.1, 0.15) is 0 Å². The Morgan fingerprint density at radius 1 is 1.80 bits per heavy atom. The second-order valence-corrected chi connectivity index (χ2v) is 3.99. The van der Waals surface area contributed by atoms with Crippen LogP contribution in [0.25, 0.3) is 0 Å². The fourth-order valence-corrected chi connectivity index (χ4v) is 1.92. The topological polar surface area (TPSA) is 61.4 Å². The first kappa shape index (κ1) is 12.3. The molecule has 0 aliphatic carbocycles. The van der Waals surface area contributed by atoms with Crippen molar-refractivity contribution in [1.82, 2.24) is 10.5 Å². The van der Waals surface area contributed by atoms with Crippen LogP contribution in [0.15, 0.2) is 12.2 Å². The number of allylic oxidation sites excluding steroid dienone is 1. The van der Waals surface area contributed by atoms with Crippen LogP contribution >= 0.6 is 0 Å². The highest BCUT2D eigenvalue weighted by Crippen LogP contribution is 2.16. The smallest absolute Gasteiger partial charge is 0.374 e. The van der Waals surface area contributed by atoms with E-state index < -0.39 is 7.05 Å². The lowest BCUT2D eigenvalue weighted by atomic mass is 9.85. The van der Waals surface area contributed by atoms with Crippen LogP contribution in [0.4, 0.5) is 0 Å². The fraction of sp³-hybridized carbons (Fsp3) is 0.700. The average molecular weight is 210 g/mol. The van der Waals surface area contributed by atoms with Crippen molar-refractivity contribution in [3.63, 3.8) is 0 Å². The number of nitrogens with one attached hydrogen (secondary N) is 2. The Morgan fingerprint density at radius 2 is 2.53 bits per heavy atom. The summed E-state index contributed by atoms with van der Waals surface area (Å²) in [7, 11) is -0.546. The van der Waals surface area contributed by atoms with Crippen molar-refractivity contribution in [3.05, 3.63) is 12.2 Å². The van der Waals surface area contributed by atoms with Crippen LogP contribution in [0.5, 0.6) is 0 Å². The molecule has 5 heteroatoms. The molecule has 1 saturated heterocycles. The zero-order valence-electron chi connectivity index (χ0n) is 9.36. The molecule has 1 aliphatic rings. The number of carbonyl (C=O) groups excluding carboxylic acids is 1. The number of hydrogen-bond donors (Lipinski definition) is 3. The molecule has 0 aromatic heterocycles. The van der Waals surface area contributed by atoms with E-state index in [1.54, 1.807) is 6.82 Å². The standard InChI is InChI=1S/C10H19BN2O2/c1-3-4-9(13-11(2)15)7-8-5-6-12-10(8)14/h3-4,8-9,13,15H,5-7H2,1-2H3,(H,12,14)/b4-3+. The Labute approximate surface area is 91.3 Å². The highest BCUT2D eigenvalue weighted by Gasteiger charge is 2.26. The number of amides is 1. The van der Waals surface area contributed by atoms with E-state index in [0.717, 1.165) is 19.4 Å². The molecule has 1 heterocycles. The van der Waals surface area contributed by atoms with Gasteiger partial charge in [-0.1, -0.05) is 12.2 Å². The zero-order chi connectivity index (χ0) is 11.3. The molecule has 2 atom stereocenters. The van der Waals surface area contributed by atoms with Gasteiger partial charge in [-0.3, -0.25) is 4.79 Å². The van der Waals surface area contributed by atoms with Crippen LogP contribution in [0.3, 0.4) is 0 Å². The molecule has 0 saturated carbocycles. The van der Waals surface area contributed by atoms with E-state index in [9.17, 15) is 9.82 Å². The second kappa shape index (κ2) is 5.93. The molecule has 0 radical (unpaired) electrons. The first-order valence-corrected chi connectivity index (χ1v) is 5.48. The highest BCUT2D eigenvalue weighted by atomic mass is 16.2. The van der Waals surface area contributed by atoms with E-state index in [4.69, 9.17) is 0 Å². The van der Waals surface area contributed by atoms with Crippen molar-refractivity contribution >= 4 is 13.0 Å². The van der Waals surface area contributed by atoms with Gasteiger partial charge >= 0.3 is 7.05 Å². The minimum atomic E-state index is -0.546. The van der Waals surface area contributed by atoms with Crippen LogP contribution in [-0.2, 0) is 4.79 Å². The van der Waals surface area contributed by atoms with Gasteiger partial charge in [0.15, 0.2) is 0 Å². The summed E-state index contributed by atoms with van der Waals surface area (Å²) in [6.07, 6.45) is 5.57. The predicted octanol–water partition coefficient (Wildman–Crippen LogP) is 0.157. The fourth-order valence-electron chi connectivity index (χ4n) is 1.92. The summed E-state index contributed by atoms with van der Waals surface area (Å²) >= 11 is 0. The maximum atomic E-state index is 11.4. The second-order valence-electron chi connectivity index (χ2n) is 3.99. The molecular formula is C10H19BN2O2. The summed E-state index contributed by atoms with van der Waals surface area (Å²) in [5, 5.41) is 15.1. The lowest BCUT2D eigenvalue weighted by molar-refractivity contribution is -0.122. The van der Waals surface area contributed by atoms with Crippen LogP contribution in [0, 0.1) is 5.92 Å². The minimum Gasteiger partial charge on any atom is -0.437 e. The van der Waals surface area contributed by atoms with Gasteiger partial charge in [-0.25, -0.2) is 0 Å². The zero-order valence-corrected chi connectivity index (χ0v) is 9.36. The molecule has 0 bridgehead atoms. The highest BCUT2D eigenvalue weighted by molar-refractivity contribution is 6.45. The average Bonchev–Trinajstić information content (AvgIpc) is 2.51. The molecule has 1 fully saturated rings. The number of rotatable bonds is 5. The molecule has 2 unspecified atom stereocenters. The van der Waals surface area contributed by atoms with Crippen molar-refractivity contribution in [2.45, 2.75) is 32.6 Å². The summed E-state index contributed by atoms with van der Waals surface area (Å²) in [6.45, 7) is 4.40. The van der Waals surface area contributed by atoms with Crippen LogP contribution in [0.1, 0.15) is 19.8 Å². The van der Waals surface area contributed by atoms with Crippen molar-refractivity contribution in [1.29, 1.82) is 0 Å². The van der Waals surface area contributed by atoms with Crippen LogP contribution in [0.2, 0.25) is 6.82 Å².